The number of nitrogens with zero attached hydrogens (tertiary/aromatic N) is 2. The molecule has 1 aromatic heterocycles. The van der Waals surface area contributed by atoms with E-state index in [1.54, 1.807) is 13.0 Å². The van der Waals surface area contributed by atoms with Gasteiger partial charge in [0.15, 0.2) is 0 Å². The highest BCUT2D eigenvalue weighted by atomic mass is 19.4. The van der Waals surface area contributed by atoms with E-state index in [9.17, 15) is 13.2 Å². The Hall–Kier alpha value is -1.77. The van der Waals surface area contributed by atoms with Crippen molar-refractivity contribution < 1.29 is 17.9 Å². The van der Waals surface area contributed by atoms with Gasteiger partial charge in [0, 0.05) is 23.5 Å². The molecule has 1 rings (SSSR count). The van der Waals surface area contributed by atoms with Crippen molar-refractivity contribution in [2.24, 2.45) is 0 Å². The first-order chi connectivity index (χ1) is 6.92. The van der Waals surface area contributed by atoms with Gasteiger partial charge in [-0.15, -0.1) is 13.2 Å². The largest absolute Gasteiger partial charge is 0.573 e. The number of aryl methyl sites for hydroxylation is 1. The Labute approximate surface area is 84.1 Å². The van der Waals surface area contributed by atoms with Crippen LogP contribution in [-0.4, -0.2) is 11.3 Å². The number of ether oxygens (including phenoxy) is 1. The van der Waals surface area contributed by atoms with Crippen LogP contribution >= 0.6 is 0 Å². The van der Waals surface area contributed by atoms with Crippen LogP contribution in [0.25, 0.3) is 0 Å². The van der Waals surface area contributed by atoms with Crippen LogP contribution < -0.4 is 4.74 Å². The van der Waals surface area contributed by atoms with Gasteiger partial charge in [-0.2, -0.15) is 5.26 Å². The molecule has 3 nitrogen and oxygen atoms in total. The maximum absolute atomic E-state index is 12.0. The van der Waals surface area contributed by atoms with E-state index in [2.05, 4.69) is 9.72 Å². The van der Waals surface area contributed by atoms with Crippen LogP contribution in [0.1, 0.15) is 11.3 Å². The second-order valence-electron chi connectivity index (χ2n) is 2.82. The number of nitriles is 1. The van der Waals surface area contributed by atoms with Gasteiger partial charge < -0.3 is 4.74 Å². The lowest BCUT2D eigenvalue weighted by molar-refractivity contribution is -0.274. The van der Waals surface area contributed by atoms with Crippen LogP contribution in [0.15, 0.2) is 12.3 Å². The molecule has 0 aromatic carbocycles. The molecule has 0 bridgehead atoms. The molecule has 0 saturated carbocycles. The fourth-order valence-corrected chi connectivity index (χ4v) is 1.00. The number of alkyl halides is 3. The van der Waals surface area contributed by atoms with Gasteiger partial charge in [0.2, 0.25) is 0 Å². The zero-order chi connectivity index (χ0) is 11.5. The van der Waals surface area contributed by atoms with Crippen molar-refractivity contribution in [3.8, 4) is 11.8 Å². The first kappa shape index (κ1) is 11.3. The first-order valence-electron chi connectivity index (χ1n) is 4.00. The number of rotatable bonds is 2. The van der Waals surface area contributed by atoms with Crippen LogP contribution in [0, 0.1) is 18.3 Å². The minimum atomic E-state index is -4.75. The Balaban J connectivity index is 3.03. The number of aromatic nitrogens is 1. The number of halogens is 3. The molecule has 1 heterocycles. The molecule has 80 valence electrons. The standard InChI is InChI=1S/C9H7F3N2O/c1-6-4-8(15-9(10,11)12)7(2-3-13)5-14-6/h4-5H,2H2,1H3. The van der Waals surface area contributed by atoms with E-state index in [1.807, 2.05) is 0 Å². The molecule has 0 fully saturated rings. The molecule has 0 unspecified atom stereocenters. The van der Waals surface area contributed by atoms with E-state index in [4.69, 9.17) is 5.26 Å². The van der Waals surface area contributed by atoms with Crippen LogP contribution in [0.3, 0.4) is 0 Å². The van der Waals surface area contributed by atoms with E-state index < -0.39 is 6.36 Å². The molecule has 0 aliphatic carbocycles. The SMILES string of the molecule is Cc1cc(OC(F)(F)F)c(CC#N)cn1. The molecule has 15 heavy (non-hydrogen) atoms. The molecule has 0 atom stereocenters. The lowest BCUT2D eigenvalue weighted by Gasteiger charge is -2.11. The summed E-state index contributed by atoms with van der Waals surface area (Å²) in [7, 11) is 0. The van der Waals surface area contributed by atoms with Gasteiger partial charge >= 0.3 is 6.36 Å². The van der Waals surface area contributed by atoms with Crippen LogP contribution in [-0.2, 0) is 6.42 Å². The molecule has 0 amide bonds. The number of hydrogen-bond acceptors (Lipinski definition) is 3. The van der Waals surface area contributed by atoms with Crippen LogP contribution in [0.5, 0.6) is 5.75 Å². The van der Waals surface area contributed by atoms with Gasteiger partial charge in [-0.1, -0.05) is 0 Å². The maximum atomic E-state index is 12.0. The van der Waals surface area contributed by atoms with E-state index in [0.717, 1.165) is 6.07 Å². The summed E-state index contributed by atoms with van der Waals surface area (Å²) in [5.74, 6) is -0.364. The molecule has 0 radical (unpaired) electrons. The highest BCUT2D eigenvalue weighted by molar-refractivity contribution is 5.34. The van der Waals surface area contributed by atoms with E-state index in [0.29, 0.717) is 5.69 Å². The molecule has 0 aliphatic rings. The Morgan fingerprint density at radius 2 is 2.20 bits per heavy atom. The summed E-state index contributed by atoms with van der Waals surface area (Å²) in [5.41, 5.74) is 0.524. The van der Waals surface area contributed by atoms with E-state index in [1.165, 1.54) is 6.20 Å². The molecular weight excluding hydrogens is 209 g/mol. The van der Waals surface area contributed by atoms with Crippen LogP contribution in [0.4, 0.5) is 13.2 Å². The summed E-state index contributed by atoms with van der Waals surface area (Å²) >= 11 is 0. The molecule has 0 N–H and O–H groups in total. The summed E-state index contributed by atoms with van der Waals surface area (Å²) in [6.07, 6.45) is -3.71. The summed E-state index contributed by atoms with van der Waals surface area (Å²) in [6.45, 7) is 1.54. The van der Waals surface area contributed by atoms with Gasteiger partial charge in [-0.3, -0.25) is 4.98 Å². The van der Waals surface area contributed by atoms with Crippen molar-refractivity contribution in [1.82, 2.24) is 4.98 Å². The molecule has 6 heteroatoms. The maximum Gasteiger partial charge on any atom is 0.573 e. The van der Waals surface area contributed by atoms with Gasteiger partial charge in [0.1, 0.15) is 5.75 Å². The Morgan fingerprint density at radius 1 is 1.53 bits per heavy atom. The second-order valence-corrected chi connectivity index (χ2v) is 2.82. The summed E-state index contributed by atoms with van der Waals surface area (Å²) < 4.78 is 39.7. The van der Waals surface area contributed by atoms with Crippen molar-refractivity contribution in [1.29, 1.82) is 5.26 Å². The average molecular weight is 216 g/mol. The molecular formula is C9H7F3N2O. The Kier molecular flexibility index (Phi) is 3.14. The third-order valence-corrected chi connectivity index (χ3v) is 1.58. The lowest BCUT2D eigenvalue weighted by atomic mass is 10.2. The minimum Gasteiger partial charge on any atom is -0.405 e. The van der Waals surface area contributed by atoms with Crippen LogP contribution in [0.2, 0.25) is 0 Å². The molecule has 1 aromatic rings. The summed E-state index contributed by atoms with van der Waals surface area (Å²) in [6, 6.07) is 2.90. The van der Waals surface area contributed by atoms with Crippen molar-refractivity contribution in [2.45, 2.75) is 19.7 Å². The summed E-state index contributed by atoms with van der Waals surface area (Å²) in [5, 5.41) is 8.40. The second kappa shape index (κ2) is 4.17. The van der Waals surface area contributed by atoms with E-state index >= 15 is 0 Å². The third kappa shape index (κ3) is 3.46. The quantitative estimate of drug-likeness (QED) is 0.762. The minimum absolute atomic E-state index is 0.125. The first-order valence-corrected chi connectivity index (χ1v) is 4.00. The third-order valence-electron chi connectivity index (χ3n) is 1.58. The summed E-state index contributed by atoms with van der Waals surface area (Å²) in [4.78, 5) is 3.79. The zero-order valence-corrected chi connectivity index (χ0v) is 7.80. The van der Waals surface area contributed by atoms with Crippen molar-refractivity contribution in [3.05, 3.63) is 23.5 Å². The topological polar surface area (TPSA) is 45.9 Å². The average Bonchev–Trinajstić information content (AvgIpc) is 2.07. The fraction of sp³-hybridized carbons (Fsp3) is 0.333. The van der Waals surface area contributed by atoms with Gasteiger partial charge in [-0.25, -0.2) is 0 Å². The highest BCUT2D eigenvalue weighted by Gasteiger charge is 2.32. The lowest BCUT2D eigenvalue weighted by Crippen LogP contribution is -2.18. The molecule has 0 spiro atoms. The monoisotopic (exact) mass is 216 g/mol. The highest BCUT2D eigenvalue weighted by Crippen LogP contribution is 2.26. The fourth-order valence-electron chi connectivity index (χ4n) is 1.00. The smallest absolute Gasteiger partial charge is 0.405 e. The predicted octanol–water partition coefficient (Wildman–Crippen LogP) is 2.35. The number of hydrogen-bond donors (Lipinski definition) is 0. The molecule has 0 aliphatic heterocycles. The Bertz CT molecular complexity index is 395. The van der Waals surface area contributed by atoms with Crippen molar-refractivity contribution in [2.75, 3.05) is 0 Å². The van der Waals surface area contributed by atoms with Gasteiger partial charge in [0.25, 0.3) is 0 Å². The van der Waals surface area contributed by atoms with Crippen molar-refractivity contribution >= 4 is 0 Å². The Morgan fingerprint density at radius 3 is 2.73 bits per heavy atom. The normalized spacial score (nSPS) is 10.9. The van der Waals surface area contributed by atoms with Crippen molar-refractivity contribution in [3.63, 3.8) is 0 Å². The number of pyridine rings is 1. The molecule has 0 saturated heterocycles. The van der Waals surface area contributed by atoms with Gasteiger partial charge in [-0.05, 0) is 6.92 Å². The zero-order valence-electron chi connectivity index (χ0n) is 7.80. The van der Waals surface area contributed by atoms with E-state index in [-0.39, 0.29) is 17.7 Å². The van der Waals surface area contributed by atoms with Gasteiger partial charge in [0.05, 0.1) is 12.5 Å². The predicted molar refractivity (Wildman–Crippen MR) is 45.0 cm³/mol.